The molecule has 0 fully saturated rings. The van der Waals surface area contributed by atoms with E-state index in [0.717, 1.165) is 6.42 Å². The van der Waals surface area contributed by atoms with Crippen LogP contribution in [0.1, 0.15) is 27.2 Å². The Morgan fingerprint density at radius 2 is 2.00 bits per heavy atom. The lowest BCUT2D eigenvalue weighted by Gasteiger charge is -2.10. The van der Waals surface area contributed by atoms with Crippen molar-refractivity contribution in [3.63, 3.8) is 0 Å². The Morgan fingerprint density at radius 3 is 2.20 bits per heavy atom. The van der Waals surface area contributed by atoms with Gasteiger partial charge in [-0.05, 0) is 18.4 Å². The van der Waals surface area contributed by atoms with Gasteiger partial charge in [-0.3, -0.25) is 4.79 Å². The Labute approximate surface area is 62.1 Å². The second-order valence-corrected chi connectivity index (χ2v) is 3.05. The summed E-state index contributed by atoms with van der Waals surface area (Å²) in [5, 5.41) is 0. The highest BCUT2D eigenvalue weighted by Gasteiger charge is 2.27. The summed E-state index contributed by atoms with van der Waals surface area (Å²) in [5.74, 6) is 1.02. The molecule has 0 aromatic carbocycles. The molecule has 0 aliphatic heterocycles. The Kier molecular flexibility index (Phi) is 1.93. The molecule has 0 aromatic rings. The maximum atomic E-state index is 11.1. The van der Waals surface area contributed by atoms with Gasteiger partial charge < -0.3 is 0 Å². The van der Waals surface area contributed by atoms with Gasteiger partial charge in [0.1, 0.15) is 0 Å². The van der Waals surface area contributed by atoms with Crippen LogP contribution in [-0.2, 0) is 4.79 Å². The van der Waals surface area contributed by atoms with Gasteiger partial charge in [0.25, 0.3) is 0 Å². The molecule has 2 unspecified atom stereocenters. The molecule has 0 N–H and O–H groups in total. The van der Waals surface area contributed by atoms with Crippen LogP contribution in [-0.4, -0.2) is 5.78 Å². The molecule has 1 rings (SSSR count). The summed E-state index contributed by atoms with van der Waals surface area (Å²) in [4.78, 5) is 11.1. The molecule has 0 aromatic heterocycles. The molecule has 1 nitrogen and oxygen atoms in total. The number of hydrogen-bond acceptors (Lipinski definition) is 1. The topological polar surface area (TPSA) is 17.1 Å². The van der Waals surface area contributed by atoms with Crippen LogP contribution in [0.25, 0.3) is 0 Å². The fraction of sp³-hybridized carbons (Fsp3) is 0.667. The molecule has 2 atom stereocenters. The van der Waals surface area contributed by atoms with Crippen molar-refractivity contribution in [2.24, 2.45) is 11.8 Å². The number of hydrogen-bond donors (Lipinski definition) is 0. The highest BCUT2D eigenvalue weighted by atomic mass is 16.1. The zero-order valence-corrected chi connectivity index (χ0v) is 6.85. The van der Waals surface area contributed by atoms with E-state index < -0.39 is 0 Å². The van der Waals surface area contributed by atoms with E-state index >= 15 is 0 Å². The summed E-state index contributed by atoms with van der Waals surface area (Å²) in [7, 11) is 0. The van der Waals surface area contributed by atoms with E-state index in [0.29, 0.717) is 11.7 Å². The average molecular weight is 138 g/mol. The number of rotatable bonds is 1. The van der Waals surface area contributed by atoms with Crippen molar-refractivity contribution in [3.8, 4) is 0 Å². The smallest absolute Gasteiger partial charge is 0.159 e. The van der Waals surface area contributed by atoms with Gasteiger partial charge >= 0.3 is 0 Å². The zero-order chi connectivity index (χ0) is 7.72. The van der Waals surface area contributed by atoms with Crippen LogP contribution < -0.4 is 0 Å². The third-order valence-electron chi connectivity index (χ3n) is 2.52. The third-order valence-corrected chi connectivity index (χ3v) is 2.52. The first kappa shape index (κ1) is 7.52. The van der Waals surface area contributed by atoms with E-state index in [1.54, 1.807) is 0 Å². The fourth-order valence-electron chi connectivity index (χ4n) is 1.44. The van der Waals surface area contributed by atoms with Crippen molar-refractivity contribution < 1.29 is 4.79 Å². The highest BCUT2D eigenvalue weighted by molar-refractivity contribution is 5.95. The van der Waals surface area contributed by atoms with Gasteiger partial charge in [-0.1, -0.05) is 26.3 Å². The lowest BCUT2D eigenvalue weighted by molar-refractivity contribution is -0.117. The average Bonchev–Trinajstić information content (AvgIpc) is 2.17. The molecule has 10 heavy (non-hydrogen) atoms. The normalized spacial score (nSPS) is 32.7. The summed E-state index contributed by atoms with van der Waals surface area (Å²) in [5.41, 5.74) is 1.32. The summed E-state index contributed by atoms with van der Waals surface area (Å²) in [6, 6.07) is 0. The molecule has 1 heteroatoms. The number of carbonyl (C=O) groups excluding carboxylic acids is 1. The second-order valence-electron chi connectivity index (χ2n) is 3.05. The maximum Gasteiger partial charge on any atom is 0.159 e. The standard InChI is InChI=1S/C9H14O/c1-4-8-5-9(10)7(3)6(8)2/h5-7H,4H2,1-3H3. The molecule has 0 heterocycles. The first-order valence-electron chi connectivity index (χ1n) is 3.91. The Morgan fingerprint density at radius 1 is 1.40 bits per heavy atom. The molecule has 0 bridgehead atoms. The van der Waals surface area contributed by atoms with Crippen molar-refractivity contribution in [2.45, 2.75) is 27.2 Å². The second kappa shape index (κ2) is 2.57. The predicted octanol–water partition coefficient (Wildman–Crippen LogP) is 2.18. The number of ketones is 1. The summed E-state index contributed by atoms with van der Waals surface area (Å²) in [6.45, 7) is 6.24. The first-order valence-corrected chi connectivity index (χ1v) is 3.91. The molecule has 1 aliphatic carbocycles. The minimum Gasteiger partial charge on any atom is -0.295 e. The van der Waals surface area contributed by atoms with Crippen LogP contribution in [0.4, 0.5) is 0 Å². The summed E-state index contributed by atoms with van der Waals surface area (Å²) in [6.07, 6.45) is 2.84. The molecule has 56 valence electrons. The van der Waals surface area contributed by atoms with Gasteiger partial charge in [-0.25, -0.2) is 0 Å². The van der Waals surface area contributed by atoms with Gasteiger partial charge in [0.05, 0.1) is 0 Å². The van der Waals surface area contributed by atoms with E-state index in [9.17, 15) is 4.79 Å². The monoisotopic (exact) mass is 138 g/mol. The maximum absolute atomic E-state index is 11.1. The SMILES string of the molecule is CCC1=CC(=O)C(C)C1C. The van der Waals surface area contributed by atoms with E-state index in [4.69, 9.17) is 0 Å². The van der Waals surface area contributed by atoms with E-state index in [1.165, 1.54) is 5.57 Å². The largest absolute Gasteiger partial charge is 0.295 e. The van der Waals surface area contributed by atoms with Gasteiger partial charge in [0.15, 0.2) is 5.78 Å². The van der Waals surface area contributed by atoms with Crippen LogP contribution in [0.2, 0.25) is 0 Å². The van der Waals surface area contributed by atoms with Crippen LogP contribution in [0.15, 0.2) is 11.6 Å². The van der Waals surface area contributed by atoms with Crippen molar-refractivity contribution in [1.82, 2.24) is 0 Å². The lowest BCUT2D eigenvalue weighted by Crippen LogP contribution is -2.09. The van der Waals surface area contributed by atoms with E-state index in [1.807, 2.05) is 13.0 Å². The molecule has 1 aliphatic rings. The van der Waals surface area contributed by atoms with Crippen molar-refractivity contribution >= 4 is 5.78 Å². The Balaban J connectivity index is 2.78. The fourth-order valence-corrected chi connectivity index (χ4v) is 1.44. The minimum atomic E-state index is 0.231. The lowest BCUT2D eigenvalue weighted by atomic mass is 9.93. The van der Waals surface area contributed by atoms with Crippen LogP contribution in [0.5, 0.6) is 0 Å². The van der Waals surface area contributed by atoms with Crippen molar-refractivity contribution in [2.75, 3.05) is 0 Å². The van der Waals surface area contributed by atoms with Crippen molar-refractivity contribution in [3.05, 3.63) is 11.6 Å². The summed E-state index contributed by atoms with van der Waals surface area (Å²) < 4.78 is 0. The first-order chi connectivity index (χ1) is 4.66. The van der Waals surface area contributed by atoms with E-state index in [-0.39, 0.29) is 5.92 Å². The van der Waals surface area contributed by atoms with Gasteiger partial charge in [-0.2, -0.15) is 0 Å². The summed E-state index contributed by atoms with van der Waals surface area (Å²) >= 11 is 0. The molecule has 0 radical (unpaired) electrons. The Bertz CT molecular complexity index is 179. The predicted molar refractivity (Wildman–Crippen MR) is 41.7 cm³/mol. The van der Waals surface area contributed by atoms with Gasteiger partial charge in [-0.15, -0.1) is 0 Å². The molecule has 0 saturated heterocycles. The van der Waals surface area contributed by atoms with Crippen LogP contribution in [0.3, 0.4) is 0 Å². The van der Waals surface area contributed by atoms with Crippen LogP contribution in [0, 0.1) is 11.8 Å². The number of carbonyl (C=O) groups is 1. The van der Waals surface area contributed by atoms with Gasteiger partial charge in [0.2, 0.25) is 0 Å². The highest BCUT2D eigenvalue weighted by Crippen LogP contribution is 2.29. The van der Waals surface area contributed by atoms with Crippen LogP contribution >= 0.6 is 0 Å². The third kappa shape index (κ3) is 1.00. The molecular weight excluding hydrogens is 124 g/mol. The van der Waals surface area contributed by atoms with Crippen molar-refractivity contribution in [1.29, 1.82) is 0 Å². The molecule has 0 saturated carbocycles. The number of allylic oxidation sites excluding steroid dienone is 2. The van der Waals surface area contributed by atoms with Gasteiger partial charge in [0, 0.05) is 5.92 Å². The molecular formula is C9H14O. The zero-order valence-electron chi connectivity index (χ0n) is 6.85. The Hall–Kier alpha value is -0.590. The molecule has 0 spiro atoms. The minimum absolute atomic E-state index is 0.231. The quantitative estimate of drug-likeness (QED) is 0.542. The molecule has 0 amide bonds. The van der Waals surface area contributed by atoms with E-state index in [2.05, 4.69) is 13.8 Å².